The Hall–Kier alpha value is 1.18. The van der Waals surface area contributed by atoms with Gasteiger partial charge in [0.25, 0.3) is 0 Å². The first-order valence-electron chi connectivity index (χ1n) is 2.82. The van der Waals surface area contributed by atoms with Crippen molar-refractivity contribution in [2.45, 2.75) is 38.9 Å². The molecule has 54 valence electrons. The van der Waals surface area contributed by atoms with Crippen LogP contribution in [0.25, 0.3) is 0 Å². The van der Waals surface area contributed by atoms with Crippen molar-refractivity contribution in [3.8, 4) is 0 Å². The van der Waals surface area contributed by atoms with Crippen LogP contribution in [0.3, 0.4) is 0 Å². The molecule has 3 heteroatoms. The molecule has 1 atom stereocenters. The fraction of sp³-hybridized carbons (Fsp3) is 1.00. The third-order valence-corrected chi connectivity index (χ3v) is 0.795. The van der Waals surface area contributed by atoms with Crippen LogP contribution >= 0.6 is 0 Å². The molecule has 0 spiro atoms. The van der Waals surface area contributed by atoms with Crippen molar-refractivity contribution < 1.29 is 13.1 Å². The molecule has 0 amide bonds. The second kappa shape index (κ2) is 4.91. The van der Waals surface area contributed by atoms with Crippen LogP contribution in [-0.2, 0) is 0 Å². The van der Waals surface area contributed by atoms with E-state index < -0.39 is 11.7 Å². The van der Waals surface area contributed by atoms with E-state index in [2.05, 4.69) is 0 Å². The van der Waals surface area contributed by atoms with Gasteiger partial charge in [-0.25, -0.2) is 0 Å². The predicted molar refractivity (Wildman–Crippen MR) is 40.6 cm³/mol. The van der Waals surface area contributed by atoms with Crippen LogP contribution in [-0.4, -0.2) is 59.7 Å². The van der Waals surface area contributed by atoms with Gasteiger partial charge < -0.3 is 13.1 Å². The fourth-order valence-corrected chi connectivity index (χ4v) is 0.723. The topological polar surface area (TPSA) is 40.5 Å². The summed E-state index contributed by atoms with van der Waals surface area (Å²) in [5.74, 6) is 0. The van der Waals surface area contributed by atoms with Crippen LogP contribution in [0, 0.1) is 0 Å². The van der Waals surface area contributed by atoms with Gasteiger partial charge in [-0.05, 0) is 20.8 Å². The molecule has 9 heavy (non-hydrogen) atoms. The summed E-state index contributed by atoms with van der Waals surface area (Å²) in [6, 6.07) is 0. The van der Waals surface area contributed by atoms with Gasteiger partial charge in [0.2, 0.25) is 0 Å². The molecule has 0 aromatic carbocycles. The van der Waals surface area contributed by atoms with Gasteiger partial charge in [0.1, 0.15) is 0 Å². The molecule has 0 heterocycles. The maximum absolute atomic E-state index is 9.03. The largest absolute Gasteiger partial charge is 2.00 e. The zero-order chi connectivity index (χ0) is 6.78. The molecule has 0 saturated carbocycles. The molecule has 2 N–H and O–H groups in total. The third kappa shape index (κ3) is 12.4. The van der Waals surface area contributed by atoms with Crippen molar-refractivity contribution in [2.75, 3.05) is 0 Å². The summed E-state index contributed by atoms with van der Waals surface area (Å²) >= 11 is 0. The predicted octanol–water partition coefficient (Wildman–Crippen LogP) is 0.372. The molecule has 1 unspecified atom stereocenters. The molecule has 2 nitrogen and oxygen atoms in total. The normalized spacial score (nSPS) is 14.3. The average Bonchev–Trinajstić information content (AvgIpc) is 1.21. The summed E-state index contributed by atoms with van der Waals surface area (Å²) in [5, 5.41) is 17.8. The molecule has 0 radical (unpaired) electrons. The monoisotopic (exact) mass is 160 g/mol. The van der Waals surface area contributed by atoms with E-state index in [0.29, 0.717) is 6.42 Å². The first-order valence-corrected chi connectivity index (χ1v) is 2.82. The van der Waals surface area contributed by atoms with E-state index in [4.69, 9.17) is 10.2 Å². The number of hydrogen-bond donors (Lipinski definition) is 2. The van der Waals surface area contributed by atoms with Crippen LogP contribution in [0.15, 0.2) is 0 Å². The Kier molecular flexibility index (Phi) is 7.00. The Morgan fingerprint density at radius 1 is 1.56 bits per heavy atom. The molecule has 0 rings (SSSR count). The third-order valence-electron chi connectivity index (χ3n) is 0.795. The number of aliphatic hydroxyl groups is 2. The first-order chi connectivity index (χ1) is 3.42. The van der Waals surface area contributed by atoms with Crippen LogP contribution in [0.5, 0.6) is 0 Å². The van der Waals surface area contributed by atoms with E-state index in [-0.39, 0.29) is 40.6 Å². The van der Waals surface area contributed by atoms with Crippen LogP contribution < -0.4 is 0 Å². The zero-order valence-corrected chi connectivity index (χ0v) is 8.59. The smallest absolute Gasteiger partial charge is 1.00 e. The van der Waals surface area contributed by atoms with Crippen molar-refractivity contribution in [2.24, 2.45) is 0 Å². The minimum Gasteiger partial charge on any atom is -1.00 e. The van der Waals surface area contributed by atoms with Gasteiger partial charge in [-0.1, -0.05) is 0 Å². The Morgan fingerprint density at radius 2 is 1.89 bits per heavy atom. The van der Waals surface area contributed by atoms with Gasteiger partial charge in [-0.3, -0.25) is 0 Å². The van der Waals surface area contributed by atoms with Gasteiger partial charge in [-0.15, -0.1) is 0 Å². The second-order valence-corrected chi connectivity index (χ2v) is 2.87. The van der Waals surface area contributed by atoms with Gasteiger partial charge in [0, 0.05) is 6.42 Å². The maximum atomic E-state index is 9.03. The molecular weight excluding hydrogens is 144 g/mol. The van der Waals surface area contributed by atoms with Crippen LogP contribution in [0.1, 0.15) is 30.0 Å². The van der Waals surface area contributed by atoms with Crippen LogP contribution in [0.4, 0.5) is 0 Å². The Balaban J connectivity index is -0.0000000817. The Bertz CT molecular complexity index is 73.5. The fourth-order valence-electron chi connectivity index (χ4n) is 0.723. The quantitative estimate of drug-likeness (QED) is 0.573. The summed E-state index contributed by atoms with van der Waals surface area (Å²) in [6.07, 6.45) is 0.0301. The van der Waals surface area contributed by atoms with Gasteiger partial charge >= 0.3 is 37.7 Å². The van der Waals surface area contributed by atoms with Crippen molar-refractivity contribution in [1.82, 2.24) is 0 Å². The van der Waals surface area contributed by atoms with E-state index in [0.717, 1.165) is 0 Å². The molecule has 0 aliphatic rings. The van der Waals surface area contributed by atoms with E-state index in [1.165, 1.54) is 0 Å². The molecular formula is C6H16CaO2. The number of hydrogen-bond acceptors (Lipinski definition) is 2. The van der Waals surface area contributed by atoms with E-state index in [1.807, 2.05) is 0 Å². The number of rotatable bonds is 2. The number of aliphatic hydroxyl groups excluding tert-OH is 1. The molecule has 0 saturated heterocycles. The van der Waals surface area contributed by atoms with Gasteiger partial charge in [0.05, 0.1) is 11.7 Å². The standard InChI is InChI=1S/C6H14O2.Ca.2H/c1-5(7)4-6(2,3)8;;;/h5,7-8H,4H2,1-3H3;;;/q;+2;2*-1. The van der Waals surface area contributed by atoms with E-state index >= 15 is 0 Å². The summed E-state index contributed by atoms with van der Waals surface area (Å²) < 4.78 is 0. The maximum Gasteiger partial charge on any atom is 2.00 e. The zero-order valence-electron chi connectivity index (χ0n) is 8.39. The molecule has 0 aromatic heterocycles. The van der Waals surface area contributed by atoms with Gasteiger partial charge in [-0.2, -0.15) is 0 Å². The summed E-state index contributed by atoms with van der Waals surface area (Å²) in [4.78, 5) is 0. The van der Waals surface area contributed by atoms with Crippen molar-refractivity contribution in [3.05, 3.63) is 0 Å². The van der Waals surface area contributed by atoms with Crippen molar-refractivity contribution >= 4 is 37.7 Å². The van der Waals surface area contributed by atoms with E-state index in [9.17, 15) is 0 Å². The summed E-state index contributed by atoms with van der Waals surface area (Å²) in [6.45, 7) is 5.03. The molecule has 0 aromatic rings. The Morgan fingerprint density at radius 3 is 1.89 bits per heavy atom. The minimum atomic E-state index is -0.728. The minimum absolute atomic E-state index is 0. The molecule has 0 fully saturated rings. The summed E-state index contributed by atoms with van der Waals surface area (Å²) in [7, 11) is 0. The molecule has 0 bridgehead atoms. The van der Waals surface area contributed by atoms with Crippen molar-refractivity contribution in [1.29, 1.82) is 0 Å². The molecule has 0 aliphatic carbocycles. The second-order valence-electron chi connectivity index (χ2n) is 2.87. The summed E-state index contributed by atoms with van der Waals surface area (Å²) in [5.41, 5.74) is -0.728. The first kappa shape index (κ1) is 12.8. The van der Waals surface area contributed by atoms with E-state index in [1.54, 1.807) is 20.8 Å². The van der Waals surface area contributed by atoms with Gasteiger partial charge in [0.15, 0.2) is 0 Å². The average molecular weight is 160 g/mol. The SMILES string of the molecule is CC(O)CC(C)(C)O.[Ca+2].[H-].[H-]. The van der Waals surface area contributed by atoms with Crippen molar-refractivity contribution in [3.63, 3.8) is 0 Å². The Labute approximate surface area is 89.2 Å². The molecule has 0 aliphatic heterocycles. The van der Waals surface area contributed by atoms with Crippen LogP contribution in [0.2, 0.25) is 0 Å².